The minimum Gasteiger partial charge on any atom is -0.352 e. The summed E-state index contributed by atoms with van der Waals surface area (Å²) >= 11 is 1.96. The average molecular weight is 267 g/mol. The molecule has 1 aliphatic heterocycles. The van der Waals surface area contributed by atoms with Crippen molar-refractivity contribution in [3.05, 3.63) is 35.1 Å². The van der Waals surface area contributed by atoms with Gasteiger partial charge >= 0.3 is 0 Å². The molecule has 0 aliphatic carbocycles. The summed E-state index contributed by atoms with van der Waals surface area (Å²) in [6.07, 6.45) is 2.28. The Kier molecular flexibility index (Phi) is 4.64. The minimum absolute atomic E-state index is 0.153. The van der Waals surface area contributed by atoms with Crippen LogP contribution in [0.3, 0.4) is 0 Å². The van der Waals surface area contributed by atoms with E-state index in [9.17, 15) is 9.18 Å². The van der Waals surface area contributed by atoms with Crippen LogP contribution in [0.25, 0.3) is 0 Å². The molecule has 2 rings (SSSR count). The van der Waals surface area contributed by atoms with Crippen LogP contribution in [0.2, 0.25) is 0 Å². The maximum atomic E-state index is 13.8. The van der Waals surface area contributed by atoms with Crippen molar-refractivity contribution in [2.75, 3.05) is 18.1 Å². The molecule has 0 spiro atoms. The molecule has 18 heavy (non-hydrogen) atoms. The predicted molar refractivity (Wildman–Crippen MR) is 73.5 cm³/mol. The van der Waals surface area contributed by atoms with E-state index in [2.05, 4.69) is 5.32 Å². The van der Waals surface area contributed by atoms with E-state index in [0.29, 0.717) is 18.0 Å². The summed E-state index contributed by atoms with van der Waals surface area (Å²) in [6.45, 7) is 2.33. The lowest BCUT2D eigenvalue weighted by atomic mass is 10.0. The zero-order valence-electron chi connectivity index (χ0n) is 10.5. The van der Waals surface area contributed by atoms with Crippen LogP contribution in [0, 0.1) is 18.7 Å². The SMILES string of the molecule is Cc1cccc(C(=O)NCC2CCSCC2)c1F. The Morgan fingerprint density at radius 2 is 2.17 bits per heavy atom. The van der Waals surface area contributed by atoms with E-state index < -0.39 is 5.82 Å². The fourth-order valence-electron chi connectivity index (χ4n) is 2.11. The molecular formula is C14H18FNOS. The highest BCUT2D eigenvalue weighted by molar-refractivity contribution is 7.99. The first-order valence-corrected chi connectivity index (χ1v) is 7.45. The fraction of sp³-hybridized carbons (Fsp3) is 0.500. The summed E-state index contributed by atoms with van der Waals surface area (Å²) in [7, 11) is 0. The van der Waals surface area contributed by atoms with Crippen LogP contribution < -0.4 is 5.32 Å². The smallest absolute Gasteiger partial charge is 0.254 e. The zero-order valence-corrected chi connectivity index (χ0v) is 11.4. The van der Waals surface area contributed by atoms with Gasteiger partial charge < -0.3 is 5.32 Å². The Morgan fingerprint density at radius 3 is 2.89 bits per heavy atom. The first kappa shape index (κ1) is 13.4. The number of hydrogen-bond acceptors (Lipinski definition) is 2. The van der Waals surface area contributed by atoms with E-state index in [-0.39, 0.29) is 11.5 Å². The van der Waals surface area contributed by atoms with Crippen molar-refractivity contribution in [3.8, 4) is 0 Å². The third-order valence-electron chi connectivity index (χ3n) is 3.33. The number of aryl methyl sites for hydroxylation is 1. The number of rotatable bonds is 3. The molecule has 4 heteroatoms. The van der Waals surface area contributed by atoms with Gasteiger partial charge in [0.1, 0.15) is 5.82 Å². The van der Waals surface area contributed by atoms with Crippen LogP contribution in [0.4, 0.5) is 4.39 Å². The third-order valence-corrected chi connectivity index (χ3v) is 4.38. The maximum Gasteiger partial charge on any atom is 0.254 e. The normalized spacial score (nSPS) is 16.6. The van der Waals surface area contributed by atoms with Gasteiger partial charge in [-0.3, -0.25) is 4.79 Å². The van der Waals surface area contributed by atoms with Gasteiger partial charge in [0, 0.05) is 6.54 Å². The van der Waals surface area contributed by atoms with Gasteiger partial charge in [0.05, 0.1) is 5.56 Å². The molecule has 0 unspecified atom stereocenters. The number of benzene rings is 1. The number of carbonyl (C=O) groups excluding carboxylic acids is 1. The van der Waals surface area contributed by atoms with Gasteiger partial charge in [-0.2, -0.15) is 11.8 Å². The van der Waals surface area contributed by atoms with Crippen molar-refractivity contribution in [1.82, 2.24) is 5.32 Å². The summed E-state index contributed by atoms with van der Waals surface area (Å²) in [5.41, 5.74) is 0.664. The number of nitrogens with one attached hydrogen (secondary N) is 1. The molecule has 0 atom stereocenters. The molecule has 0 radical (unpaired) electrons. The Balaban J connectivity index is 1.93. The van der Waals surface area contributed by atoms with E-state index >= 15 is 0 Å². The van der Waals surface area contributed by atoms with Gasteiger partial charge in [0.15, 0.2) is 0 Å². The first-order valence-electron chi connectivity index (χ1n) is 6.29. The van der Waals surface area contributed by atoms with Crippen LogP contribution >= 0.6 is 11.8 Å². The van der Waals surface area contributed by atoms with Gasteiger partial charge in [-0.15, -0.1) is 0 Å². The number of carbonyl (C=O) groups is 1. The van der Waals surface area contributed by atoms with E-state index in [1.165, 1.54) is 17.6 Å². The highest BCUT2D eigenvalue weighted by Crippen LogP contribution is 2.22. The second kappa shape index (κ2) is 6.23. The molecule has 1 heterocycles. The molecule has 0 aromatic heterocycles. The molecule has 1 aromatic carbocycles. The molecule has 1 fully saturated rings. The van der Waals surface area contributed by atoms with E-state index in [0.717, 1.165) is 12.8 Å². The second-order valence-corrected chi connectivity index (χ2v) is 5.93. The molecule has 1 aliphatic rings. The minimum atomic E-state index is -0.408. The van der Waals surface area contributed by atoms with Crippen molar-refractivity contribution in [1.29, 1.82) is 0 Å². The highest BCUT2D eigenvalue weighted by Gasteiger charge is 2.17. The van der Waals surface area contributed by atoms with Crippen LogP contribution in [0.15, 0.2) is 18.2 Å². The van der Waals surface area contributed by atoms with Crippen molar-refractivity contribution in [2.45, 2.75) is 19.8 Å². The van der Waals surface area contributed by atoms with E-state index in [1.807, 2.05) is 11.8 Å². The molecule has 1 N–H and O–H groups in total. The number of amides is 1. The van der Waals surface area contributed by atoms with Gasteiger partial charge in [0.2, 0.25) is 0 Å². The summed E-state index contributed by atoms with van der Waals surface area (Å²) in [4.78, 5) is 11.9. The Hall–Kier alpha value is -1.03. The van der Waals surface area contributed by atoms with Crippen molar-refractivity contribution in [2.24, 2.45) is 5.92 Å². The topological polar surface area (TPSA) is 29.1 Å². The lowest BCUT2D eigenvalue weighted by Crippen LogP contribution is -2.31. The molecule has 1 aromatic rings. The van der Waals surface area contributed by atoms with Crippen molar-refractivity contribution < 1.29 is 9.18 Å². The van der Waals surface area contributed by atoms with E-state index in [1.54, 1.807) is 19.1 Å². The standard InChI is InChI=1S/C14H18FNOS/c1-10-3-2-4-12(13(10)15)14(17)16-9-11-5-7-18-8-6-11/h2-4,11H,5-9H2,1H3,(H,16,17). The lowest BCUT2D eigenvalue weighted by Gasteiger charge is -2.21. The van der Waals surface area contributed by atoms with Gasteiger partial charge in [-0.1, -0.05) is 12.1 Å². The molecule has 0 bridgehead atoms. The molecule has 0 saturated carbocycles. The van der Waals surface area contributed by atoms with Crippen LogP contribution in [-0.2, 0) is 0 Å². The quantitative estimate of drug-likeness (QED) is 0.912. The third kappa shape index (κ3) is 3.25. The maximum absolute atomic E-state index is 13.8. The van der Waals surface area contributed by atoms with Gasteiger partial charge in [-0.05, 0) is 48.8 Å². The zero-order chi connectivity index (χ0) is 13.0. The van der Waals surface area contributed by atoms with E-state index in [4.69, 9.17) is 0 Å². The predicted octanol–water partition coefficient (Wildman–Crippen LogP) is 3.01. The van der Waals surface area contributed by atoms with Crippen LogP contribution in [-0.4, -0.2) is 24.0 Å². The lowest BCUT2D eigenvalue weighted by molar-refractivity contribution is 0.0942. The summed E-state index contributed by atoms with van der Waals surface area (Å²) in [6, 6.07) is 4.92. The number of hydrogen-bond donors (Lipinski definition) is 1. The largest absolute Gasteiger partial charge is 0.352 e. The Morgan fingerprint density at radius 1 is 1.44 bits per heavy atom. The molecular weight excluding hydrogens is 249 g/mol. The summed E-state index contributed by atoms with van der Waals surface area (Å²) < 4.78 is 13.8. The second-order valence-electron chi connectivity index (χ2n) is 4.70. The van der Waals surface area contributed by atoms with Gasteiger partial charge in [-0.25, -0.2) is 4.39 Å². The van der Waals surface area contributed by atoms with Crippen LogP contribution in [0.5, 0.6) is 0 Å². The Labute approximate surface area is 111 Å². The Bertz CT molecular complexity index is 430. The number of thioether (sulfide) groups is 1. The first-order chi connectivity index (χ1) is 8.68. The highest BCUT2D eigenvalue weighted by atomic mass is 32.2. The van der Waals surface area contributed by atoms with Crippen molar-refractivity contribution >= 4 is 17.7 Å². The summed E-state index contributed by atoms with van der Waals surface area (Å²) in [5, 5.41) is 2.85. The molecule has 1 amide bonds. The van der Waals surface area contributed by atoms with Crippen LogP contribution in [0.1, 0.15) is 28.8 Å². The summed E-state index contributed by atoms with van der Waals surface area (Å²) in [5.74, 6) is 2.17. The molecule has 2 nitrogen and oxygen atoms in total. The monoisotopic (exact) mass is 267 g/mol. The molecule has 1 saturated heterocycles. The fourth-order valence-corrected chi connectivity index (χ4v) is 3.31. The molecule has 98 valence electrons. The van der Waals surface area contributed by atoms with Gasteiger partial charge in [0.25, 0.3) is 5.91 Å². The number of halogens is 1. The van der Waals surface area contributed by atoms with Crippen molar-refractivity contribution in [3.63, 3.8) is 0 Å². The average Bonchev–Trinajstić information content (AvgIpc) is 2.40.